The molecular weight excluding hydrogens is 206 g/mol. The molecule has 1 aromatic rings. The Morgan fingerprint density at radius 2 is 2.53 bits per heavy atom. The number of nitrogens with zero attached hydrogens (tertiary/aromatic N) is 1. The summed E-state index contributed by atoms with van der Waals surface area (Å²) in [7, 11) is 0. The van der Waals surface area contributed by atoms with Crippen LogP contribution in [0.5, 0.6) is 0 Å². The van der Waals surface area contributed by atoms with Gasteiger partial charge in [-0.1, -0.05) is 0 Å². The van der Waals surface area contributed by atoms with Gasteiger partial charge in [0.25, 0.3) is 0 Å². The summed E-state index contributed by atoms with van der Waals surface area (Å²) in [6.45, 7) is 1.94. The Morgan fingerprint density at radius 3 is 3.27 bits per heavy atom. The first-order valence-electron chi connectivity index (χ1n) is 5.75. The van der Waals surface area contributed by atoms with Gasteiger partial charge < -0.3 is 11.1 Å². The fourth-order valence-electron chi connectivity index (χ4n) is 1.98. The molecule has 2 heterocycles. The minimum absolute atomic E-state index is 0.665. The van der Waals surface area contributed by atoms with E-state index in [1.165, 1.54) is 30.1 Å². The Kier molecular flexibility index (Phi) is 4.11. The molecule has 0 aromatic carbocycles. The molecule has 0 bridgehead atoms. The van der Waals surface area contributed by atoms with Gasteiger partial charge in [0.1, 0.15) is 0 Å². The molecule has 1 aliphatic heterocycles. The van der Waals surface area contributed by atoms with Crippen LogP contribution in [0.2, 0.25) is 0 Å². The van der Waals surface area contributed by atoms with E-state index in [9.17, 15) is 0 Å². The number of hydrogen-bond donors (Lipinski definition) is 2. The first-order chi connectivity index (χ1) is 7.38. The molecule has 4 heteroatoms. The molecular formula is C11H19N3S. The summed E-state index contributed by atoms with van der Waals surface area (Å²) < 4.78 is 0. The first-order valence-corrected chi connectivity index (χ1v) is 6.63. The summed E-state index contributed by atoms with van der Waals surface area (Å²) in [6.07, 6.45) is 5.80. The van der Waals surface area contributed by atoms with E-state index in [4.69, 9.17) is 5.73 Å². The van der Waals surface area contributed by atoms with E-state index in [2.05, 4.69) is 15.7 Å². The predicted molar refractivity (Wildman–Crippen MR) is 64.2 cm³/mol. The average molecular weight is 225 g/mol. The number of hydrogen-bond acceptors (Lipinski definition) is 4. The van der Waals surface area contributed by atoms with Crippen molar-refractivity contribution in [2.75, 3.05) is 13.1 Å². The Labute approximate surface area is 95.1 Å². The van der Waals surface area contributed by atoms with Crippen LogP contribution in [0.1, 0.15) is 30.0 Å². The lowest BCUT2D eigenvalue weighted by atomic mass is 10.2. The van der Waals surface area contributed by atoms with Gasteiger partial charge >= 0.3 is 0 Å². The highest BCUT2D eigenvalue weighted by Crippen LogP contribution is 2.16. The minimum Gasteiger partial charge on any atom is -0.330 e. The number of nitrogens with two attached hydrogens (primary N) is 1. The van der Waals surface area contributed by atoms with E-state index in [1.54, 1.807) is 11.3 Å². The van der Waals surface area contributed by atoms with Crippen LogP contribution < -0.4 is 11.1 Å². The van der Waals surface area contributed by atoms with Crippen LogP contribution in [-0.2, 0) is 12.8 Å². The number of aryl methyl sites for hydroxylation is 1. The third-order valence-electron chi connectivity index (χ3n) is 2.82. The maximum absolute atomic E-state index is 5.48. The summed E-state index contributed by atoms with van der Waals surface area (Å²) in [5.41, 5.74) is 6.70. The first kappa shape index (κ1) is 11.0. The summed E-state index contributed by atoms with van der Waals surface area (Å²) in [4.78, 5) is 4.63. The molecule has 1 saturated heterocycles. The molecule has 3 N–H and O–H groups in total. The molecule has 1 fully saturated rings. The van der Waals surface area contributed by atoms with Gasteiger partial charge in [0.15, 0.2) is 0 Å². The second kappa shape index (κ2) is 5.58. The lowest BCUT2D eigenvalue weighted by molar-refractivity contribution is 0.600. The van der Waals surface area contributed by atoms with E-state index in [1.807, 2.05) is 0 Å². The van der Waals surface area contributed by atoms with Gasteiger partial charge in [0.2, 0.25) is 0 Å². The predicted octanol–water partition coefficient (Wildman–Crippen LogP) is 1.33. The zero-order chi connectivity index (χ0) is 10.5. The van der Waals surface area contributed by atoms with Crippen LogP contribution in [0.25, 0.3) is 0 Å². The Balaban J connectivity index is 1.83. The van der Waals surface area contributed by atoms with E-state index >= 15 is 0 Å². The van der Waals surface area contributed by atoms with Crippen LogP contribution in [0.4, 0.5) is 0 Å². The van der Waals surface area contributed by atoms with Gasteiger partial charge in [-0.25, -0.2) is 4.98 Å². The van der Waals surface area contributed by atoms with Crippen molar-refractivity contribution < 1.29 is 0 Å². The van der Waals surface area contributed by atoms with E-state index in [-0.39, 0.29) is 0 Å². The molecule has 0 radical (unpaired) electrons. The fourth-order valence-corrected chi connectivity index (χ4v) is 2.89. The summed E-state index contributed by atoms with van der Waals surface area (Å²) in [6, 6.07) is 0.665. The highest BCUT2D eigenvalue weighted by Gasteiger charge is 2.15. The molecule has 1 aromatic heterocycles. The molecule has 0 saturated carbocycles. The second-order valence-corrected chi connectivity index (χ2v) is 5.06. The zero-order valence-corrected chi connectivity index (χ0v) is 9.85. The molecule has 0 amide bonds. The van der Waals surface area contributed by atoms with Crippen LogP contribution in [0, 0.1) is 0 Å². The topological polar surface area (TPSA) is 50.9 Å². The lowest BCUT2D eigenvalue weighted by Crippen LogP contribution is -2.23. The van der Waals surface area contributed by atoms with Gasteiger partial charge in [0, 0.05) is 17.8 Å². The van der Waals surface area contributed by atoms with Gasteiger partial charge in [0.05, 0.1) is 10.7 Å². The lowest BCUT2D eigenvalue weighted by Gasteiger charge is -2.06. The number of rotatable bonds is 5. The fraction of sp³-hybridized carbons (Fsp3) is 0.727. The van der Waals surface area contributed by atoms with E-state index < -0.39 is 0 Å². The quantitative estimate of drug-likeness (QED) is 0.795. The third kappa shape index (κ3) is 3.26. The van der Waals surface area contributed by atoms with Crippen molar-refractivity contribution in [2.24, 2.45) is 5.73 Å². The molecule has 0 spiro atoms. The standard InChI is InChI=1S/C11H19N3S/c12-5-1-3-10-8-15-11(14-10)7-9-4-2-6-13-9/h8-9,13H,1-7,12H2. The Morgan fingerprint density at radius 1 is 1.60 bits per heavy atom. The molecule has 15 heavy (non-hydrogen) atoms. The van der Waals surface area contributed by atoms with Gasteiger partial charge in [-0.3, -0.25) is 0 Å². The number of nitrogens with one attached hydrogen (secondary N) is 1. The highest BCUT2D eigenvalue weighted by molar-refractivity contribution is 7.09. The van der Waals surface area contributed by atoms with Crippen LogP contribution >= 0.6 is 11.3 Å². The van der Waals surface area contributed by atoms with E-state index in [0.717, 1.165) is 25.8 Å². The van der Waals surface area contributed by atoms with Gasteiger partial charge in [-0.2, -0.15) is 0 Å². The summed E-state index contributed by atoms with van der Waals surface area (Å²) in [5, 5.41) is 6.96. The zero-order valence-electron chi connectivity index (χ0n) is 9.04. The number of aromatic nitrogens is 1. The molecule has 1 atom stereocenters. The average Bonchev–Trinajstić information content (AvgIpc) is 2.87. The van der Waals surface area contributed by atoms with Gasteiger partial charge in [-0.05, 0) is 38.8 Å². The van der Waals surface area contributed by atoms with Crippen molar-refractivity contribution in [3.05, 3.63) is 16.1 Å². The SMILES string of the molecule is NCCCc1csc(CC2CCCN2)n1. The largest absolute Gasteiger partial charge is 0.330 e. The van der Waals surface area contributed by atoms with Crippen LogP contribution in [-0.4, -0.2) is 24.1 Å². The Hall–Kier alpha value is -0.450. The van der Waals surface area contributed by atoms with Crippen molar-refractivity contribution in [2.45, 2.75) is 38.1 Å². The molecule has 1 aliphatic rings. The van der Waals surface area contributed by atoms with Crippen molar-refractivity contribution in [3.63, 3.8) is 0 Å². The summed E-state index contributed by atoms with van der Waals surface area (Å²) in [5.74, 6) is 0. The second-order valence-electron chi connectivity index (χ2n) is 4.12. The van der Waals surface area contributed by atoms with Gasteiger partial charge in [-0.15, -0.1) is 11.3 Å². The molecule has 1 unspecified atom stereocenters. The van der Waals surface area contributed by atoms with Crippen LogP contribution in [0.3, 0.4) is 0 Å². The minimum atomic E-state index is 0.665. The summed E-state index contributed by atoms with van der Waals surface area (Å²) >= 11 is 1.79. The highest BCUT2D eigenvalue weighted by atomic mass is 32.1. The molecule has 2 rings (SSSR count). The monoisotopic (exact) mass is 225 g/mol. The maximum Gasteiger partial charge on any atom is 0.0943 e. The molecule has 84 valence electrons. The van der Waals surface area contributed by atoms with Crippen molar-refractivity contribution >= 4 is 11.3 Å². The van der Waals surface area contributed by atoms with Crippen molar-refractivity contribution in [3.8, 4) is 0 Å². The van der Waals surface area contributed by atoms with Crippen LogP contribution in [0.15, 0.2) is 5.38 Å². The van der Waals surface area contributed by atoms with Crippen molar-refractivity contribution in [1.29, 1.82) is 0 Å². The normalized spacial score (nSPS) is 21.0. The Bertz CT molecular complexity index is 292. The van der Waals surface area contributed by atoms with E-state index in [0.29, 0.717) is 6.04 Å². The third-order valence-corrected chi connectivity index (χ3v) is 3.74. The smallest absolute Gasteiger partial charge is 0.0943 e. The molecule has 0 aliphatic carbocycles. The number of thiazole rings is 1. The van der Waals surface area contributed by atoms with Crippen molar-refractivity contribution in [1.82, 2.24) is 10.3 Å². The molecule has 3 nitrogen and oxygen atoms in total. The maximum atomic E-state index is 5.48.